The second-order valence-electron chi connectivity index (χ2n) is 6.17. The van der Waals surface area contributed by atoms with Gasteiger partial charge >= 0.3 is 0 Å². The van der Waals surface area contributed by atoms with Crippen LogP contribution in [0.3, 0.4) is 0 Å². The first-order chi connectivity index (χ1) is 12.5. The van der Waals surface area contributed by atoms with Gasteiger partial charge in [0.2, 0.25) is 5.91 Å². The summed E-state index contributed by atoms with van der Waals surface area (Å²) in [5.74, 6) is 0.380. The van der Waals surface area contributed by atoms with Crippen molar-refractivity contribution in [2.24, 2.45) is 7.05 Å². The van der Waals surface area contributed by atoms with Gasteiger partial charge in [-0.25, -0.2) is 0 Å². The molecule has 138 valence electrons. The van der Waals surface area contributed by atoms with Crippen molar-refractivity contribution in [1.82, 2.24) is 14.7 Å². The normalized spacial score (nSPS) is 13.6. The van der Waals surface area contributed by atoms with Crippen LogP contribution < -0.4 is 10.1 Å². The van der Waals surface area contributed by atoms with Crippen LogP contribution in [0.25, 0.3) is 0 Å². The molecule has 2 aromatic rings. The minimum Gasteiger partial charge on any atom is -0.491 e. The number of aryl methyl sites for hydroxylation is 2. The molecule has 1 aliphatic heterocycles. The fourth-order valence-electron chi connectivity index (χ4n) is 2.95. The van der Waals surface area contributed by atoms with E-state index in [2.05, 4.69) is 10.4 Å². The molecule has 0 spiro atoms. The Bertz CT molecular complexity index is 831. The number of carbonyl (C=O) groups is 2. The molecule has 0 radical (unpaired) electrons. The second-order valence-corrected chi connectivity index (χ2v) is 6.17. The number of nitrogens with one attached hydrogen (secondary N) is 1. The molecule has 0 unspecified atom stereocenters. The minimum absolute atomic E-state index is 0.0158. The summed E-state index contributed by atoms with van der Waals surface area (Å²) < 4.78 is 12.2. The molecule has 8 heteroatoms. The first-order valence-electron chi connectivity index (χ1n) is 8.32. The molecule has 26 heavy (non-hydrogen) atoms. The van der Waals surface area contributed by atoms with Crippen LogP contribution in [-0.2, 0) is 23.1 Å². The van der Waals surface area contributed by atoms with Gasteiger partial charge in [-0.2, -0.15) is 5.10 Å². The Hall–Kier alpha value is -2.87. The van der Waals surface area contributed by atoms with E-state index < -0.39 is 0 Å². The predicted molar refractivity (Wildman–Crippen MR) is 95.1 cm³/mol. The Kier molecular flexibility index (Phi) is 5.22. The van der Waals surface area contributed by atoms with Crippen LogP contribution in [0.4, 0.5) is 5.69 Å². The molecule has 3 rings (SSSR count). The van der Waals surface area contributed by atoms with Gasteiger partial charge in [0.25, 0.3) is 5.91 Å². The van der Waals surface area contributed by atoms with Crippen molar-refractivity contribution in [3.8, 4) is 5.75 Å². The fourth-order valence-corrected chi connectivity index (χ4v) is 2.95. The van der Waals surface area contributed by atoms with Crippen LogP contribution >= 0.6 is 0 Å². The van der Waals surface area contributed by atoms with E-state index in [1.54, 1.807) is 34.8 Å². The number of methoxy groups -OCH3 is 1. The lowest BCUT2D eigenvalue weighted by Crippen LogP contribution is -2.33. The zero-order valence-electron chi connectivity index (χ0n) is 15.1. The summed E-state index contributed by atoms with van der Waals surface area (Å²) in [7, 11) is 3.22. The largest absolute Gasteiger partial charge is 0.491 e. The quantitative estimate of drug-likeness (QED) is 0.892. The van der Waals surface area contributed by atoms with Crippen LogP contribution in [0, 0.1) is 6.92 Å². The van der Waals surface area contributed by atoms with Crippen molar-refractivity contribution in [3.05, 3.63) is 41.2 Å². The van der Waals surface area contributed by atoms with Crippen molar-refractivity contribution >= 4 is 17.5 Å². The van der Waals surface area contributed by atoms with Gasteiger partial charge in [0.1, 0.15) is 24.7 Å². The van der Waals surface area contributed by atoms with Gasteiger partial charge < -0.3 is 19.7 Å². The maximum absolute atomic E-state index is 12.9. The third-order valence-corrected chi connectivity index (χ3v) is 4.11. The monoisotopic (exact) mass is 358 g/mol. The molecule has 1 aromatic carbocycles. The average Bonchev–Trinajstić information content (AvgIpc) is 2.80. The van der Waals surface area contributed by atoms with Crippen LogP contribution in [0.15, 0.2) is 24.3 Å². The van der Waals surface area contributed by atoms with E-state index in [1.165, 1.54) is 7.11 Å². The van der Waals surface area contributed by atoms with Gasteiger partial charge in [-0.1, -0.05) is 0 Å². The number of nitrogens with zero attached hydrogens (tertiary/aromatic N) is 3. The van der Waals surface area contributed by atoms with Crippen molar-refractivity contribution in [2.75, 3.05) is 32.2 Å². The Labute approximate surface area is 151 Å². The summed E-state index contributed by atoms with van der Waals surface area (Å²) in [6, 6.07) is 7.17. The summed E-state index contributed by atoms with van der Waals surface area (Å²) in [6.07, 6.45) is 0. The number of aromatic nitrogens is 2. The van der Waals surface area contributed by atoms with Crippen molar-refractivity contribution in [3.63, 3.8) is 0 Å². The predicted octanol–water partition coefficient (Wildman–Crippen LogP) is 1.35. The maximum Gasteiger partial charge on any atom is 0.272 e. The second kappa shape index (κ2) is 7.57. The molecule has 2 heterocycles. The maximum atomic E-state index is 12.9. The molecule has 1 N–H and O–H groups in total. The molecule has 0 fully saturated rings. The highest BCUT2D eigenvalue weighted by molar-refractivity contribution is 5.93. The van der Waals surface area contributed by atoms with Crippen molar-refractivity contribution < 1.29 is 19.1 Å². The summed E-state index contributed by atoms with van der Waals surface area (Å²) in [4.78, 5) is 26.3. The number of ether oxygens (including phenoxy) is 2. The molecule has 0 aliphatic carbocycles. The Morgan fingerprint density at radius 1 is 1.35 bits per heavy atom. The summed E-state index contributed by atoms with van der Waals surface area (Å²) in [5.41, 5.74) is 2.81. The number of carbonyl (C=O) groups excluding carboxylic acids is 2. The summed E-state index contributed by atoms with van der Waals surface area (Å²) in [5, 5.41) is 7.00. The lowest BCUT2D eigenvalue weighted by Gasteiger charge is -2.20. The minimum atomic E-state index is -0.236. The van der Waals surface area contributed by atoms with E-state index in [1.807, 2.05) is 13.0 Å². The van der Waals surface area contributed by atoms with Gasteiger partial charge in [0.05, 0.1) is 12.2 Å². The number of benzene rings is 1. The number of fused-ring (bicyclic) bond motifs is 1. The number of hydrogen-bond acceptors (Lipinski definition) is 5. The molecule has 0 atom stereocenters. The summed E-state index contributed by atoms with van der Waals surface area (Å²) >= 11 is 0. The van der Waals surface area contributed by atoms with Crippen LogP contribution in [0.5, 0.6) is 5.75 Å². The third-order valence-electron chi connectivity index (χ3n) is 4.11. The molecule has 1 aromatic heterocycles. The first kappa shape index (κ1) is 17.9. The third kappa shape index (κ3) is 3.85. The van der Waals surface area contributed by atoms with Gasteiger partial charge in [-0.3, -0.25) is 14.3 Å². The number of amides is 2. The average molecular weight is 358 g/mol. The molecule has 1 aliphatic rings. The van der Waals surface area contributed by atoms with Crippen LogP contribution in [-0.4, -0.2) is 53.4 Å². The van der Waals surface area contributed by atoms with Gasteiger partial charge in [0.15, 0.2) is 0 Å². The van der Waals surface area contributed by atoms with Gasteiger partial charge in [0, 0.05) is 32.0 Å². The van der Waals surface area contributed by atoms with Crippen molar-refractivity contribution in [2.45, 2.75) is 13.5 Å². The number of anilines is 1. The molecule has 0 saturated heterocycles. The zero-order chi connectivity index (χ0) is 18.7. The summed E-state index contributed by atoms with van der Waals surface area (Å²) in [6.45, 7) is 3.12. The molecular weight excluding hydrogens is 336 g/mol. The Balaban J connectivity index is 1.81. The van der Waals surface area contributed by atoms with Crippen LogP contribution in [0.1, 0.15) is 21.7 Å². The van der Waals surface area contributed by atoms with Gasteiger partial charge in [-0.05, 0) is 31.2 Å². The van der Waals surface area contributed by atoms with E-state index in [4.69, 9.17) is 9.47 Å². The zero-order valence-corrected chi connectivity index (χ0v) is 15.1. The Morgan fingerprint density at radius 2 is 2.15 bits per heavy atom. The van der Waals surface area contributed by atoms with E-state index >= 15 is 0 Å². The van der Waals surface area contributed by atoms with Gasteiger partial charge in [-0.15, -0.1) is 0 Å². The smallest absolute Gasteiger partial charge is 0.272 e. The molecule has 8 nitrogen and oxygen atoms in total. The van der Waals surface area contributed by atoms with Crippen LogP contribution in [0.2, 0.25) is 0 Å². The number of rotatable bonds is 4. The van der Waals surface area contributed by atoms with E-state index in [0.717, 1.165) is 11.3 Å². The van der Waals surface area contributed by atoms with E-state index in [0.29, 0.717) is 36.8 Å². The highest BCUT2D eigenvalue weighted by Gasteiger charge is 2.23. The number of hydrogen-bond donors (Lipinski definition) is 1. The standard InChI is InChI=1S/C18H22N4O4/c1-12-8-15(21(2)20-12)18(24)22-6-7-26-16-5-4-14(9-13(16)10-22)19-17(23)11-25-3/h4-5,8-9H,6-7,10-11H2,1-3H3,(H,19,23). The van der Waals surface area contributed by atoms with E-state index in [9.17, 15) is 9.59 Å². The molecular formula is C18H22N4O4. The molecule has 0 bridgehead atoms. The SMILES string of the molecule is COCC(=O)Nc1ccc2c(c1)CN(C(=O)c1cc(C)nn1C)CCO2. The molecule has 2 amide bonds. The van der Waals surface area contributed by atoms with Crippen molar-refractivity contribution in [1.29, 1.82) is 0 Å². The lowest BCUT2D eigenvalue weighted by atomic mass is 10.1. The fraction of sp³-hybridized carbons (Fsp3) is 0.389. The lowest BCUT2D eigenvalue weighted by molar-refractivity contribution is -0.119. The highest BCUT2D eigenvalue weighted by atomic mass is 16.5. The highest BCUT2D eigenvalue weighted by Crippen LogP contribution is 2.27. The molecule has 0 saturated carbocycles. The Morgan fingerprint density at radius 3 is 2.85 bits per heavy atom. The topological polar surface area (TPSA) is 85.7 Å². The van der Waals surface area contributed by atoms with E-state index in [-0.39, 0.29) is 18.4 Å². The first-order valence-corrected chi connectivity index (χ1v) is 8.32.